The number of nitrogens with two attached hydrogens (primary N) is 1. The normalized spacial score (nSPS) is 23.9. The fourth-order valence-electron chi connectivity index (χ4n) is 2.13. The highest BCUT2D eigenvalue weighted by Crippen LogP contribution is 2.17. The molecule has 88 valence electrons. The van der Waals surface area contributed by atoms with Gasteiger partial charge in [-0.1, -0.05) is 5.16 Å². The zero-order valence-electron chi connectivity index (χ0n) is 9.69. The molecule has 1 atom stereocenters. The highest BCUT2D eigenvalue weighted by Gasteiger charge is 2.24. The Bertz CT molecular complexity index is 217. The van der Waals surface area contributed by atoms with Crippen LogP contribution in [-0.2, 0) is 0 Å². The van der Waals surface area contributed by atoms with Crippen LogP contribution in [0, 0.1) is 0 Å². The maximum atomic E-state index is 8.46. The minimum Gasteiger partial charge on any atom is -0.409 e. The molecule has 0 saturated carbocycles. The van der Waals surface area contributed by atoms with E-state index in [1.54, 1.807) is 0 Å². The molecule has 5 nitrogen and oxygen atoms in total. The largest absolute Gasteiger partial charge is 0.409 e. The molecule has 5 heteroatoms. The molecule has 1 unspecified atom stereocenters. The standard InChI is InChI=1S/C10H22N4O/c1-13(2)8-9-4-3-6-14(9)7-5-10(11)12-15/h9,15H,3-8H2,1-2H3,(H2,11,12). The van der Waals surface area contributed by atoms with Crippen molar-refractivity contribution in [1.82, 2.24) is 9.80 Å². The third kappa shape index (κ3) is 4.05. The van der Waals surface area contributed by atoms with E-state index in [0.717, 1.165) is 19.6 Å². The van der Waals surface area contributed by atoms with Crippen LogP contribution in [0.4, 0.5) is 0 Å². The number of rotatable bonds is 5. The van der Waals surface area contributed by atoms with Crippen molar-refractivity contribution in [3.63, 3.8) is 0 Å². The van der Waals surface area contributed by atoms with E-state index in [1.165, 1.54) is 12.8 Å². The number of likely N-dealkylation sites (N-methyl/N-ethyl adjacent to an activating group) is 1. The molecule has 1 aliphatic rings. The fraction of sp³-hybridized carbons (Fsp3) is 0.900. The van der Waals surface area contributed by atoms with Gasteiger partial charge in [-0.15, -0.1) is 0 Å². The smallest absolute Gasteiger partial charge is 0.140 e. The third-order valence-electron chi connectivity index (χ3n) is 2.86. The molecular formula is C10H22N4O. The molecule has 1 fully saturated rings. The Hall–Kier alpha value is -0.810. The SMILES string of the molecule is CN(C)CC1CCCN1CCC(N)=NO. The van der Waals surface area contributed by atoms with Gasteiger partial charge >= 0.3 is 0 Å². The van der Waals surface area contributed by atoms with Crippen molar-refractivity contribution in [3.05, 3.63) is 0 Å². The van der Waals surface area contributed by atoms with E-state index in [1.807, 2.05) is 0 Å². The summed E-state index contributed by atoms with van der Waals surface area (Å²) in [7, 11) is 4.19. The van der Waals surface area contributed by atoms with Gasteiger partial charge in [0.25, 0.3) is 0 Å². The zero-order valence-corrected chi connectivity index (χ0v) is 9.69. The van der Waals surface area contributed by atoms with Gasteiger partial charge in [0, 0.05) is 25.6 Å². The van der Waals surface area contributed by atoms with E-state index in [2.05, 4.69) is 29.1 Å². The first-order valence-corrected chi connectivity index (χ1v) is 5.48. The Labute approximate surface area is 91.5 Å². The van der Waals surface area contributed by atoms with Crippen LogP contribution in [0.25, 0.3) is 0 Å². The van der Waals surface area contributed by atoms with Crippen molar-refractivity contribution in [2.45, 2.75) is 25.3 Å². The van der Waals surface area contributed by atoms with Gasteiger partial charge in [-0.05, 0) is 33.5 Å². The van der Waals surface area contributed by atoms with Gasteiger partial charge < -0.3 is 15.8 Å². The van der Waals surface area contributed by atoms with Gasteiger partial charge in [0.1, 0.15) is 5.84 Å². The van der Waals surface area contributed by atoms with Crippen LogP contribution in [0.1, 0.15) is 19.3 Å². The van der Waals surface area contributed by atoms with Crippen LogP contribution in [0.5, 0.6) is 0 Å². The summed E-state index contributed by atoms with van der Waals surface area (Å²) in [6, 6.07) is 0.631. The van der Waals surface area contributed by atoms with Gasteiger partial charge in [-0.2, -0.15) is 0 Å². The van der Waals surface area contributed by atoms with Crippen molar-refractivity contribution in [1.29, 1.82) is 0 Å². The molecule has 1 saturated heterocycles. The van der Waals surface area contributed by atoms with Crippen molar-refractivity contribution in [2.24, 2.45) is 10.9 Å². The lowest BCUT2D eigenvalue weighted by molar-refractivity contribution is 0.211. The second kappa shape index (κ2) is 5.92. The molecule has 0 spiro atoms. The van der Waals surface area contributed by atoms with E-state index < -0.39 is 0 Å². The third-order valence-corrected chi connectivity index (χ3v) is 2.86. The minimum atomic E-state index is 0.325. The van der Waals surface area contributed by atoms with E-state index in [-0.39, 0.29) is 0 Å². The van der Waals surface area contributed by atoms with Gasteiger partial charge in [-0.3, -0.25) is 4.90 Å². The van der Waals surface area contributed by atoms with Crippen LogP contribution in [0.3, 0.4) is 0 Å². The Morgan fingerprint density at radius 1 is 1.60 bits per heavy atom. The first-order valence-electron chi connectivity index (χ1n) is 5.48. The number of likely N-dealkylation sites (tertiary alicyclic amines) is 1. The molecule has 0 amide bonds. The summed E-state index contributed by atoms with van der Waals surface area (Å²) >= 11 is 0. The molecule has 0 aromatic heterocycles. The first-order chi connectivity index (χ1) is 7.13. The maximum Gasteiger partial charge on any atom is 0.140 e. The Kier molecular flexibility index (Phi) is 4.84. The molecule has 15 heavy (non-hydrogen) atoms. The molecule has 1 rings (SSSR count). The number of nitrogens with zero attached hydrogens (tertiary/aromatic N) is 3. The molecule has 0 bridgehead atoms. The van der Waals surface area contributed by atoms with Gasteiger partial charge in [-0.25, -0.2) is 0 Å². The molecule has 3 N–H and O–H groups in total. The van der Waals surface area contributed by atoms with Crippen molar-refractivity contribution < 1.29 is 5.21 Å². The molecule has 0 radical (unpaired) electrons. The second-order valence-electron chi connectivity index (χ2n) is 4.44. The van der Waals surface area contributed by atoms with E-state index in [9.17, 15) is 0 Å². The summed E-state index contributed by atoms with van der Waals surface area (Å²) in [6.45, 7) is 3.13. The molecule has 1 aliphatic heterocycles. The van der Waals surface area contributed by atoms with Crippen LogP contribution in [-0.4, -0.2) is 60.6 Å². The Morgan fingerprint density at radius 3 is 2.93 bits per heavy atom. The summed E-state index contributed by atoms with van der Waals surface area (Å²) in [5.74, 6) is 0.325. The summed E-state index contributed by atoms with van der Waals surface area (Å²) in [4.78, 5) is 4.64. The van der Waals surface area contributed by atoms with Gasteiger partial charge in [0.05, 0.1) is 0 Å². The molecule has 0 aliphatic carbocycles. The summed E-state index contributed by atoms with van der Waals surface area (Å²) < 4.78 is 0. The maximum absolute atomic E-state index is 8.46. The van der Waals surface area contributed by atoms with Crippen molar-refractivity contribution in [3.8, 4) is 0 Å². The second-order valence-corrected chi connectivity index (χ2v) is 4.44. The highest BCUT2D eigenvalue weighted by molar-refractivity contribution is 5.79. The van der Waals surface area contributed by atoms with E-state index in [0.29, 0.717) is 18.3 Å². The van der Waals surface area contributed by atoms with E-state index in [4.69, 9.17) is 10.9 Å². The molecular weight excluding hydrogens is 192 g/mol. The highest BCUT2D eigenvalue weighted by atomic mass is 16.4. The lowest BCUT2D eigenvalue weighted by Crippen LogP contribution is -2.39. The van der Waals surface area contributed by atoms with Crippen LogP contribution < -0.4 is 5.73 Å². The number of amidine groups is 1. The van der Waals surface area contributed by atoms with Crippen molar-refractivity contribution >= 4 is 5.84 Å². The average Bonchev–Trinajstić information content (AvgIpc) is 2.61. The first kappa shape index (κ1) is 12.3. The lowest BCUT2D eigenvalue weighted by atomic mass is 10.2. The van der Waals surface area contributed by atoms with Gasteiger partial charge in [0.15, 0.2) is 0 Å². The summed E-state index contributed by atoms with van der Waals surface area (Å²) in [5.41, 5.74) is 5.46. The zero-order chi connectivity index (χ0) is 11.3. The lowest BCUT2D eigenvalue weighted by Gasteiger charge is -2.26. The molecule has 0 aromatic carbocycles. The topological polar surface area (TPSA) is 65.1 Å². The quantitative estimate of drug-likeness (QED) is 0.296. The van der Waals surface area contributed by atoms with E-state index >= 15 is 0 Å². The molecule has 0 aromatic rings. The molecule has 1 heterocycles. The predicted molar refractivity (Wildman–Crippen MR) is 61.2 cm³/mol. The number of oxime groups is 1. The van der Waals surface area contributed by atoms with Crippen LogP contribution >= 0.6 is 0 Å². The number of hydrogen-bond donors (Lipinski definition) is 2. The van der Waals surface area contributed by atoms with Crippen LogP contribution in [0.15, 0.2) is 5.16 Å². The number of hydrogen-bond acceptors (Lipinski definition) is 4. The van der Waals surface area contributed by atoms with Crippen molar-refractivity contribution in [2.75, 3.05) is 33.7 Å². The summed E-state index contributed by atoms with van der Waals surface area (Å²) in [5, 5.41) is 11.4. The predicted octanol–water partition coefficient (Wildman–Crippen LogP) is 0.149. The minimum absolute atomic E-state index is 0.325. The Balaban J connectivity index is 2.33. The summed E-state index contributed by atoms with van der Waals surface area (Å²) in [6.07, 6.45) is 3.17. The van der Waals surface area contributed by atoms with Gasteiger partial charge in [0.2, 0.25) is 0 Å². The monoisotopic (exact) mass is 214 g/mol. The Morgan fingerprint density at radius 2 is 2.33 bits per heavy atom. The van der Waals surface area contributed by atoms with Crippen LogP contribution in [0.2, 0.25) is 0 Å². The fourth-order valence-corrected chi connectivity index (χ4v) is 2.13. The average molecular weight is 214 g/mol.